The molecule has 1 amide bonds. The van der Waals surface area contributed by atoms with Gasteiger partial charge in [-0.1, -0.05) is 23.4 Å². The smallest absolute Gasteiger partial charge is 0.251 e. The van der Waals surface area contributed by atoms with E-state index in [1.54, 1.807) is 6.07 Å². The number of nitrogens with zero attached hydrogens (tertiary/aromatic N) is 1. The van der Waals surface area contributed by atoms with Gasteiger partial charge < -0.3 is 16.3 Å². The van der Waals surface area contributed by atoms with Gasteiger partial charge in [0.05, 0.1) is 0 Å². The van der Waals surface area contributed by atoms with Gasteiger partial charge in [-0.3, -0.25) is 4.79 Å². The molecule has 1 rings (SSSR count). The van der Waals surface area contributed by atoms with Gasteiger partial charge in [0, 0.05) is 18.5 Å². The van der Waals surface area contributed by atoms with Crippen LogP contribution < -0.4 is 11.1 Å². The Morgan fingerprint density at radius 3 is 2.81 bits per heavy atom. The summed E-state index contributed by atoms with van der Waals surface area (Å²) in [4.78, 5) is 11.7. The molecule has 0 radical (unpaired) electrons. The standard InChI is InChI=1S/C11H15N3O2/c1-8-4-2-3-5-9(8)11(15)13-7-6-10(12)14-16/h2-5,16H,6-7H2,1H3,(H2,12,14)(H,13,15). The molecular formula is C11H15N3O2. The van der Waals surface area contributed by atoms with E-state index in [1.165, 1.54) is 0 Å². The van der Waals surface area contributed by atoms with Crippen molar-refractivity contribution in [2.45, 2.75) is 13.3 Å². The highest BCUT2D eigenvalue weighted by molar-refractivity contribution is 5.95. The molecule has 0 heterocycles. The van der Waals surface area contributed by atoms with Crippen LogP contribution in [0.25, 0.3) is 0 Å². The highest BCUT2D eigenvalue weighted by Gasteiger charge is 2.07. The number of rotatable bonds is 4. The summed E-state index contributed by atoms with van der Waals surface area (Å²) >= 11 is 0. The molecule has 0 atom stereocenters. The number of amidine groups is 1. The van der Waals surface area contributed by atoms with E-state index in [1.807, 2.05) is 25.1 Å². The van der Waals surface area contributed by atoms with Gasteiger partial charge in [0.1, 0.15) is 5.84 Å². The SMILES string of the molecule is Cc1ccccc1C(=O)NCCC(N)=NO. The van der Waals surface area contributed by atoms with Crippen LogP contribution in [0, 0.1) is 6.92 Å². The van der Waals surface area contributed by atoms with Gasteiger partial charge in [-0.25, -0.2) is 0 Å². The van der Waals surface area contributed by atoms with Crippen molar-refractivity contribution < 1.29 is 10.0 Å². The van der Waals surface area contributed by atoms with Crippen molar-refractivity contribution in [1.29, 1.82) is 0 Å². The van der Waals surface area contributed by atoms with Crippen molar-refractivity contribution in [3.05, 3.63) is 35.4 Å². The minimum absolute atomic E-state index is 0.102. The minimum Gasteiger partial charge on any atom is -0.409 e. The van der Waals surface area contributed by atoms with Crippen molar-refractivity contribution in [3.8, 4) is 0 Å². The molecule has 0 aliphatic rings. The number of oxime groups is 1. The third-order valence-corrected chi connectivity index (χ3v) is 2.18. The first-order valence-corrected chi connectivity index (χ1v) is 4.95. The Hall–Kier alpha value is -2.04. The van der Waals surface area contributed by atoms with Crippen molar-refractivity contribution in [1.82, 2.24) is 5.32 Å². The van der Waals surface area contributed by atoms with Crippen LogP contribution in [0.2, 0.25) is 0 Å². The Morgan fingerprint density at radius 1 is 1.50 bits per heavy atom. The van der Waals surface area contributed by atoms with Crippen LogP contribution in [0.1, 0.15) is 22.3 Å². The molecule has 1 aromatic rings. The maximum absolute atomic E-state index is 11.7. The third-order valence-electron chi connectivity index (χ3n) is 2.18. The molecule has 16 heavy (non-hydrogen) atoms. The van der Waals surface area contributed by atoms with E-state index in [9.17, 15) is 4.79 Å². The first-order valence-electron chi connectivity index (χ1n) is 4.95. The van der Waals surface area contributed by atoms with Crippen LogP contribution in [-0.2, 0) is 0 Å². The number of amides is 1. The van der Waals surface area contributed by atoms with E-state index in [2.05, 4.69) is 10.5 Å². The molecule has 0 aromatic heterocycles. The van der Waals surface area contributed by atoms with E-state index in [0.29, 0.717) is 18.5 Å². The molecule has 4 N–H and O–H groups in total. The third kappa shape index (κ3) is 3.27. The second-order valence-corrected chi connectivity index (χ2v) is 3.41. The first-order chi connectivity index (χ1) is 7.65. The second-order valence-electron chi connectivity index (χ2n) is 3.41. The summed E-state index contributed by atoms with van der Waals surface area (Å²) in [5.41, 5.74) is 6.84. The summed E-state index contributed by atoms with van der Waals surface area (Å²) in [5, 5.41) is 13.8. The van der Waals surface area contributed by atoms with Crippen LogP contribution in [0.3, 0.4) is 0 Å². The molecule has 86 valence electrons. The lowest BCUT2D eigenvalue weighted by atomic mass is 10.1. The Morgan fingerprint density at radius 2 is 2.19 bits per heavy atom. The van der Waals surface area contributed by atoms with Crippen LogP contribution >= 0.6 is 0 Å². The Kier molecular flexibility index (Phi) is 4.32. The van der Waals surface area contributed by atoms with Gasteiger partial charge >= 0.3 is 0 Å². The summed E-state index contributed by atoms with van der Waals surface area (Å²) in [6.45, 7) is 2.22. The van der Waals surface area contributed by atoms with Gasteiger partial charge in [0.15, 0.2) is 0 Å². The molecule has 0 saturated heterocycles. The quantitative estimate of drug-likeness (QED) is 0.305. The van der Waals surface area contributed by atoms with Crippen molar-refractivity contribution in [2.24, 2.45) is 10.9 Å². The average molecular weight is 221 g/mol. The molecular weight excluding hydrogens is 206 g/mol. The minimum atomic E-state index is -0.149. The lowest BCUT2D eigenvalue weighted by Crippen LogP contribution is -2.28. The Labute approximate surface area is 94.0 Å². The predicted octanol–water partition coefficient (Wildman–Crippen LogP) is 0.861. The second kappa shape index (κ2) is 5.75. The topological polar surface area (TPSA) is 87.7 Å². The summed E-state index contributed by atoms with van der Waals surface area (Å²) in [6, 6.07) is 7.32. The van der Waals surface area contributed by atoms with Gasteiger partial charge in [-0.2, -0.15) is 0 Å². The molecule has 1 aromatic carbocycles. The number of nitrogens with two attached hydrogens (primary N) is 1. The van der Waals surface area contributed by atoms with Crippen molar-refractivity contribution >= 4 is 11.7 Å². The van der Waals surface area contributed by atoms with E-state index < -0.39 is 0 Å². The zero-order chi connectivity index (χ0) is 12.0. The van der Waals surface area contributed by atoms with Crippen LogP contribution in [0.5, 0.6) is 0 Å². The Balaban J connectivity index is 2.51. The molecule has 0 fully saturated rings. The van der Waals surface area contributed by atoms with Gasteiger partial charge in [0.2, 0.25) is 0 Å². The summed E-state index contributed by atoms with van der Waals surface area (Å²) in [7, 11) is 0. The van der Waals surface area contributed by atoms with Crippen molar-refractivity contribution in [2.75, 3.05) is 6.54 Å². The fraction of sp³-hybridized carbons (Fsp3) is 0.273. The monoisotopic (exact) mass is 221 g/mol. The number of aryl methyl sites for hydroxylation is 1. The molecule has 0 spiro atoms. The summed E-state index contributed by atoms with van der Waals surface area (Å²) in [6.07, 6.45) is 0.328. The molecule has 0 saturated carbocycles. The average Bonchev–Trinajstić information content (AvgIpc) is 2.29. The van der Waals surface area contributed by atoms with E-state index >= 15 is 0 Å². The fourth-order valence-corrected chi connectivity index (χ4v) is 1.28. The van der Waals surface area contributed by atoms with E-state index in [0.717, 1.165) is 5.56 Å². The largest absolute Gasteiger partial charge is 0.409 e. The van der Waals surface area contributed by atoms with Crippen LogP contribution in [-0.4, -0.2) is 23.5 Å². The summed E-state index contributed by atoms with van der Waals surface area (Å²) in [5.74, 6) is -0.0473. The number of nitrogens with one attached hydrogen (secondary N) is 1. The maximum atomic E-state index is 11.7. The van der Waals surface area contributed by atoms with Crippen molar-refractivity contribution in [3.63, 3.8) is 0 Å². The van der Waals surface area contributed by atoms with E-state index in [4.69, 9.17) is 10.9 Å². The number of carbonyl (C=O) groups is 1. The molecule has 0 unspecified atom stereocenters. The molecule has 0 aliphatic carbocycles. The van der Waals surface area contributed by atoms with Gasteiger partial charge in [-0.05, 0) is 18.6 Å². The number of hydrogen-bond acceptors (Lipinski definition) is 3. The number of hydrogen-bond donors (Lipinski definition) is 3. The summed E-state index contributed by atoms with van der Waals surface area (Å²) < 4.78 is 0. The Bertz CT molecular complexity index is 402. The lowest BCUT2D eigenvalue weighted by Gasteiger charge is -2.06. The zero-order valence-corrected chi connectivity index (χ0v) is 9.10. The maximum Gasteiger partial charge on any atom is 0.251 e. The van der Waals surface area contributed by atoms with E-state index in [-0.39, 0.29) is 11.7 Å². The van der Waals surface area contributed by atoms with Gasteiger partial charge in [-0.15, -0.1) is 0 Å². The van der Waals surface area contributed by atoms with Crippen LogP contribution in [0.4, 0.5) is 0 Å². The first kappa shape index (κ1) is 12.0. The highest BCUT2D eigenvalue weighted by Crippen LogP contribution is 2.06. The fourth-order valence-electron chi connectivity index (χ4n) is 1.28. The lowest BCUT2D eigenvalue weighted by molar-refractivity contribution is 0.0954. The zero-order valence-electron chi connectivity index (χ0n) is 9.10. The molecule has 5 nitrogen and oxygen atoms in total. The predicted molar refractivity (Wildman–Crippen MR) is 61.5 cm³/mol. The number of benzene rings is 1. The normalized spacial score (nSPS) is 11.2. The molecule has 5 heteroatoms. The number of carbonyl (C=O) groups excluding carboxylic acids is 1. The van der Waals surface area contributed by atoms with Crippen LogP contribution in [0.15, 0.2) is 29.4 Å². The highest BCUT2D eigenvalue weighted by atomic mass is 16.4. The molecule has 0 bridgehead atoms. The van der Waals surface area contributed by atoms with Gasteiger partial charge in [0.25, 0.3) is 5.91 Å². The molecule has 0 aliphatic heterocycles.